The van der Waals surface area contributed by atoms with Gasteiger partial charge in [0, 0.05) is 12.1 Å². The van der Waals surface area contributed by atoms with Gasteiger partial charge < -0.3 is 11.1 Å². The fourth-order valence-electron chi connectivity index (χ4n) is 3.06. The molecular formula is C17H26N2O. The third-order valence-electron chi connectivity index (χ3n) is 4.32. The van der Waals surface area contributed by atoms with Crippen LogP contribution < -0.4 is 11.1 Å². The van der Waals surface area contributed by atoms with Gasteiger partial charge >= 0.3 is 0 Å². The summed E-state index contributed by atoms with van der Waals surface area (Å²) in [4.78, 5) is 12.5. The van der Waals surface area contributed by atoms with Gasteiger partial charge in [-0.05, 0) is 24.8 Å². The molecule has 20 heavy (non-hydrogen) atoms. The molecular weight excluding hydrogens is 248 g/mol. The Hall–Kier alpha value is -1.35. The fraction of sp³-hybridized carbons (Fsp3) is 0.588. The summed E-state index contributed by atoms with van der Waals surface area (Å²) in [6.45, 7) is 2.06. The maximum Gasteiger partial charge on any atom is 0.227 e. The Morgan fingerprint density at radius 3 is 2.65 bits per heavy atom. The molecule has 0 saturated heterocycles. The van der Waals surface area contributed by atoms with E-state index in [9.17, 15) is 4.79 Å². The Kier molecular flexibility index (Phi) is 5.60. The molecule has 0 aliphatic heterocycles. The van der Waals surface area contributed by atoms with Crippen molar-refractivity contribution in [2.24, 2.45) is 5.73 Å². The molecule has 1 aliphatic rings. The van der Waals surface area contributed by atoms with Crippen molar-refractivity contribution in [3.05, 3.63) is 35.9 Å². The van der Waals surface area contributed by atoms with E-state index in [1.54, 1.807) is 0 Å². The summed E-state index contributed by atoms with van der Waals surface area (Å²) in [7, 11) is 0. The standard InChI is InChI=1S/C17H26N2O/c1-2-14(13-9-5-3-6-10-13)17(20)19-16-12-8-4-7-11-15(16)18/h3,5-6,9-10,14-16H,2,4,7-8,11-12,18H2,1H3,(H,19,20). The van der Waals surface area contributed by atoms with E-state index in [0.29, 0.717) is 0 Å². The predicted octanol–water partition coefficient (Wildman–Crippen LogP) is 2.96. The second-order valence-corrected chi connectivity index (χ2v) is 5.79. The zero-order valence-electron chi connectivity index (χ0n) is 12.3. The van der Waals surface area contributed by atoms with Gasteiger partial charge in [0.15, 0.2) is 0 Å². The predicted molar refractivity (Wildman–Crippen MR) is 82.5 cm³/mol. The first-order chi connectivity index (χ1) is 9.72. The molecule has 2 rings (SSSR count). The summed E-state index contributed by atoms with van der Waals surface area (Å²) in [5.74, 6) is 0.0627. The van der Waals surface area contributed by atoms with Crippen LogP contribution in [0.25, 0.3) is 0 Å². The van der Waals surface area contributed by atoms with E-state index in [-0.39, 0.29) is 23.9 Å². The highest BCUT2D eigenvalue weighted by atomic mass is 16.1. The van der Waals surface area contributed by atoms with Crippen LogP contribution in [-0.4, -0.2) is 18.0 Å². The third kappa shape index (κ3) is 3.83. The number of hydrogen-bond acceptors (Lipinski definition) is 2. The van der Waals surface area contributed by atoms with Crippen molar-refractivity contribution in [1.82, 2.24) is 5.32 Å². The Labute approximate surface area is 121 Å². The summed E-state index contributed by atoms with van der Waals surface area (Å²) < 4.78 is 0. The first-order valence-electron chi connectivity index (χ1n) is 7.83. The smallest absolute Gasteiger partial charge is 0.227 e. The number of nitrogens with one attached hydrogen (secondary N) is 1. The van der Waals surface area contributed by atoms with Crippen LogP contribution in [0.3, 0.4) is 0 Å². The fourth-order valence-corrected chi connectivity index (χ4v) is 3.06. The van der Waals surface area contributed by atoms with E-state index in [1.807, 2.05) is 30.3 Å². The van der Waals surface area contributed by atoms with Gasteiger partial charge in [0.05, 0.1) is 5.92 Å². The lowest BCUT2D eigenvalue weighted by Gasteiger charge is -2.25. The van der Waals surface area contributed by atoms with Gasteiger partial charge in [-0.15, -0.1) is 0 Å². The summed E-state index contributed by atoms with van der Waals surface area (Å²) in [5, 5.41) is 3.19. The number of benzene rings is 1. The van der Waals surface area contributed by atoms with Gasteiger partial charge in [0.1, 0.15) is 0 Å². The van der Waals surface area contributed by atoms with Crippen molar-refractivity contribution in [2.45, 2.75) is 63.5 Å². The van der Waals surface area contributed by atoms with E-state index < -0.39 is 0 Å². The van der Waals surface area contributed by atoms with Gasteiger partial charge in [-0.2, -0.15) is 0 Å². The second kappa shape index (κ2) is 7.44. The Morgan fingerprint density at radius 2 is 1.95 bits per heavy atom. The quantitative estimate of drug-likeness (QED) is 0.829. The molecule has 3 atom stereocenters. The molecule has 0 radical (unpaired) electrons. The number of carbonyl (C=O) groups is 1. The first kappa shape index (κ1) is 15.0. The summed E-state index contributed by atoms with van der Waals surface area (Å²) in [6, 6.07) is 10.3. The van der Waals surface area contributed by atoms with Crippen LogP contribution >= 0.6 is 0 Å². The largest absolute Gasteiger partial charge is 0.351 e. The maximum atomic E-state index is 12.5. The molecule has 0 bridgehead atoms. The second-order valence-electron chi connectivity index (χ2n) is 5.79. The van der Waals surface area contributed by atoms with Crippen molar-refractivity contribution in [3.8, 4) is 0 Å². The van der Waals surface area contributed by atoms with E-state index in [2.05, 4.69) is 12.2 Å². The van der Waals surface area contributed by atoms with Gasteiger partial charge in [-0.3, -0.25) is 4.79 Å². The number of nitrogens with two attached hydrogens (primary N) is 1. The maximum absolute atomic E-state index is 12.5. The average molecular weight is 274 g/mol. The van der Waals surface area contributed by atoms with Crippen molar-refractivity contribution in [2.75, 3.05) is 0 Å². The lowest BCUT2D eigenvalue weighted by Crippen LogP contribution is -2.48. The van der Waals surface area contributed by atoms with Crippen LogP contribution in [0.15, 0.2) is 30.3 Å². The average Bonchev–Trinajstić information content (AvgIpc) is 2.66. The molecule has 3 heteroatoms. The molecule has 1 aromatic carbocycles. The van der Waals surface area contributed by atoms with Gasteiger partial charge in [0.25, 0.3) is 0 Å². The Balaban J connectivity index is 2.02. The van der Waals surface area contributed by atoms with Crippen molar-refractivity contribution in [3.63, 3.8) is 0 Å². The molecule has 3 N–H and O–H groups in total. The minimum Gasteiger partial charge on any atom is -0.351 e. The minimum absolute atomic E-state index is 0.0633. The molecule has 0 spiro atoms. The van der Waals surface area contributed by atoms with Crippen LogP contribution in [0.4, 0.5) is 0 Å². The number of amides is 1. The molecule has 1 amide bonds. The van der Waals surface area contributed by atoms with Crippen molar-refractivity contribution in [1.29, 1.82) is 0 Å². The Bertz CT molecular complexity index is 418. The molecule has 1 saturated carbocycles. The van der Waals surface area contributed by atoms with Gasteiger partial charge in [0.2, 0.25) is 5.91 Å². The van der Waals surface area contributed by atoms with Gasteiger partial charge in [-0.25, -0.2) is 0 Å². The summed E-state index contributed by atoms with van der Waals surface area (Å²) in [5.41, 5.74) is 7.29. The van der Waals surface area contributed by atoms with E-state index in [4.69, 9.17) is 5.73 Å². The zero-order valence-corrected chi connectivity index (χ0v) is 12.3. The lowest BCUT2D eigenvalue weighted by atomic mass is 9.94. The third-order valence-corrected chi connectivity index (χ3v) is 4.32. The van der Waals surface area contributed by atoms with Crippen molar-refractivity contribution < 1.29 is 4.79 Å². The topological polar surface area (TPSA) is 55.1 Å². The molecule has 1 fully saturated rings. The molecule has 3 nitrogen and oxygen atoms in total. The number of hydrogen-bond donors (Lipinski definition) is 2. The lowest BCUT2D eigenvalue weighted by molar-refractivity contribution is -0.123. The molecule has 3 unspecified atom stereocenters. The van der Waals surface area contributed by atoms with Gasteiger partial charge in [-0.1, -0.05) is 56.5 Å². The van der Waals surface area contributed by atoms with Crippen LogP contribution in [0.5, 0.6) is 0 Å². The first-order valence-corrected chi connectivity index (χ1v) is 7.83. The normalized spacial score (nSPS) is 24.7. The molecule has 0 aromatic heterocycles. The van der Waals surface area contributed by atoms with E-state index in [1.165, 1.54) is 19.3 Å². The SMILES string of the molecule is CCC(C(=O)NC1CCCCCC1N)c1ccccc1. The van der Waals surface area contributed by atoms with Crippen LogP contribution in [0.2, 0.25) is 0 Å². The highest BCUT2D eigenvalue weighted by Gasteiger charge is 2.25. The minimum atomic E-state index is -0.0633. The van der Waals surface area contributed by atoms with E-state index >= 15 is 0 Å². The summed E-state index contributed by atoms with van der Waals surface area (Å²) >= 11 is 0. The highest BCUT2D eigenvalue weighted by Crippen LogP contribution is 2.22. The Morgan fingerprint density at radius 1 is 1.25 bits per heavy atom. The number of carbonyl (C=O) groups excluding carboxylic acids is 1. The molecule has 1 aromatic rings. The number of rotatable bonds is 4. The van der Waals surface area contributed by atoms with Crippen LogP contribution in [0.1, 0.15) is 56.9 Å². The van der Waals surface area contributed by atoms with E-state index in [0.717, 1.165) is 24.8 Å². The van der Waals surface area contributed by atoms with Crippen LogP contribution in [0, 0.1) is 0 Å². The zero-order chi connectivity index (χ0) is 14.4. The highest BCUT2D eigenvalue weighted by molar-refractivity contribution is 5.83. The van der Waals surface area contributed by atoms with Crippen LogP contribution in [-0.2, 0) is 4.79 Å². The molecule has 1 aliphatic carbocycles. The molecule has 110 valence electrons. The monoisotopic (exact) mass is 274 g/mol. The van der Waals surface area contributed by atoms with Crippen molar-refractivity contribution >= 4 is 5.91 Å². The summed E-state index contributed by atoms with van der Waals surface area (Å²) in [6.07, 6.45) is 6.43. The molecule has 0 heterocycles.